The lowest BCUT2D eigenvalue weighted by Crippen LogP contribution is -2.72. The lowest BCUT2D eigenvalue weighted by Gasteiger charge is -2.45. The van der Waals surface area contributed by atoms with Gasteiger partial charge in [-0.1, -0.05) is 17.7 Å². The Morgan fingerprint density at radius 3 is 2.26 bits per heavy atom. The molecule has 1 fully saturated rings. The second-order valence-corrected chi connectivity index (χ2v) is 7.24. The Balaban J connectivity index is 2.18. The second-order valence-electron chi connectivity index (χ2n) is 6.80. The fraction of sp³-hybridized carbons (Fsp3) is 0.300. The third-order valence-corrected chi connectivity index (χ3v) is 5.24. The van der Waals surface area contributed by atoms with Crippen LogP contribution in [0.15, 0.2) is 42.5 Å². The standard InChI is InChI=1S/C20H18ClF3N2O5/c1-30-13-8-5-11(9-14(13)31-2)16-15(17(27)10-3-6-12(21)7-4-10)19(29,20(22,23)24)26-18(28)25-16/h3-9,15-16,29H,1-2H3,(H2,25,26,28)/t15-,16+,19+/m1/s1. The van der Waals surface area contributed by atoms with Crippen molar-refractivity contribution in [2.45, 2.75) is 17.9 Å². The van der Waals surface area contributed by atoms with Gasteiger partial charge in [-0.25, -0.2) is 4.79 Å². The van der Waals surface area contributed by atoms with E-state index in [4.69, 9.17) is 21.1 Å². The summed E-state index contributed by atoms with van der Waals surface area (Å²) in [6.07, 6.45) is -5.35. The summed E-state index contributed by atoms with van der Waals surface area (Å²) < 4.78 is 52.1. The predicted molar refractivity (Wildman–Crippen MR) is 104 cm³/mol. The van der Waals surface area contributed by atoms with E-state index in [0.717, 1.165) is 0 Å². The molecule has 11 heteroatoms. The minimum Gasteiger partial charge on any atom is -0.493 e. The lowest BCUT2D eigenvalue weighted by molar-refractivity contribution is -0.287. The molecule has 31 heavy (non-hydrogen) atoms. The van der Waals surface area contributed by atoms with Crippen molar-refractivity contribution >= 4 is 23.4 Å². The molecule has 3 atom stereocenters. The Kier molecular flexibility index (Phi) is 6.06. The summed E-state index contributed by atoms with van der Waals surface area (Å²) in [5.74, 6) is -2.76. The zero-order valence-electron chi connectivity index (χ0n) is 16.3. The van der Waals surface area contributed by atoms with Gasteiger partial charge in [-0.3, -0.25) is 4.79 Å². The van der Waals surface area contributed by atoms with E-state index < -0.39 is 35.7 Å². The van der Waals surface area contributed by atoms with Crippen molar-refractivity contribution in [1.82, 2.24) is 10.6 Å². The van der Waals surface area contributed by atoms with Crippen molar-refractivity contribution in [1.29, 1.82) is 0 Å². The molecule has 0 aliphatic carbocycles. The highest BCUT2D eigenvalue weighted by Crippen LogP contribution is 2.45. The number of methoxy groups -OCH3 is 2. The molecule has 0 unspecified atom stereocenters. The molecule has 2 aromatic rings. The van der Waals surface area contributed by atoms with Crippen LogP contribution >= 0.6 is 11.6 Å². The summed E-state index contributed by atoms with van der Waals surface area (Å²) in [6, 6.07) is 6.43. The Bertz CT molecular complexity index is 999. The van der Waals surface area contributed by atoms with E-state index in [0.29, 0.717) is 0 Å². The molecule has 0 aromatic heterocycles. The number of carbonyl (C=O) groups is 2. The number of hydrogen-bond acceptors (Lipinski definition) is 5. The topological polar surface area (TPSA) is 96.9 Å². The summed E-state index contributed by atoms with van der Waals surface area (Å²) in [7, 11) is 2.70. The highest BCUT2D eigenvalue weighted by Gasteiger charge is 2.66. The number of carbonyl (C=O) groups excluding carboxylic acids is 2. The first-order chi connectivity index (χ1) is 14.5. The molecule has 1 saturated heterocycles. The molecule has 1 heterocycles. The van der Waals surface area contributed by atoms with E-state index in [1.54, 1.807) is 0 Å². The predicted octanol–water partition coefficient (Wildman–Crippen LogP) is 3.46. The molecule has 0 spiro atoms. The van der Waals surface area contributed by atoms with Crippen LogP contribution < -0.4 is 20.1 Å². The Labute approximate surface area is 180 Å². The minimum absolute atomic E-state index is 0.0995. The number of halogens is 4. The van der Waals surface area contributed by atoms with E-state index in [-0.39, 0.29) is 27.6 Å². The van der Waals surface area contributed by atoms with E-state index >= 15 is 0 Å². The molecule has 1 aliphatic rings. The average molecular weight is 459 g/mol. The first-order valence-electron chi connectivity index (χ1n) is 8.91. The maximum absolute atomic E-state index is 13.9. The third-order valence-electron chi connectivity index (χ3n) is 4.98. The van der Waals surface area contributed by atoms with Crippen LogP contribution in [0.1, 0.15) is 22.0 Å². The van der Waals surface area contributed by atoms with Crippen molar-refractivity contribution in [3.63, 3.8) is 0 Å². The molecule has 0 bridgehead atoms. The number of ether oxygens (including phenoxy) is 2. The number of amides is 2. The number of rotatable bonds is 5. The van der Waals surface area contributed by atoms with E-state index in [1.807, 2.05) is 0 Å². The van der Waals surface area contributed by atoms with Gasteiger partial charge in [0.2, 0.25) is 5.72 Å². The molecule has 1 aliphatic heterocycles. The summed E-state index contributed by atoms with van der Waals surface area (Å²) >= 11 is 5.80. The zero-order valence-corrected chi connectivity index (χ0v) is 17.0. The molecule has 3 rings (SSSR count). The van der Waals surface area contributed by atoms with Crippen molar-refractivity contribution in [2.24, 2.45) is 5.92 Å². The van der Waals surface area contributed by atoms with Crippen LogP contribution in [0, 0.1) is 5.92 Å². The fourth-order valence-electron chi connectivity index (χ4n) is 3.46. The molecule has 166 valence electrons. The molecule has 0 saturated carbocycles. The van der Waals surface area contributed by atoms with Crippen LogP contribution in [0.25, 0.3) is 0 Å². The van der Waals surface area contributed by atoms with Crippen LogP contribution in [0.3, 0.4) is 0 Å². The molecule has 2 aromatic carbocycles. The van der Waals surface area contributed by atoms with E-state index in [9.17, 15) is 27.9 Å². The molecule has 3 N–H and O–H groups in total. The number of aliphatic hydroxyl groups is 1. The number of nitrogens with one attached hydrogen (secondary N) is 2. The zero-order chi connectivity index (χ0) is 23.0. The van der Waals surface area contributed by atoms with Gasteiger partial charge in [0.15, 0.2) is 17.3 Å². The maximum atomic E-state index is 13.9. The minimum atomic E-state index is -5.35. The first kappa shape index (κ1) is 22.7. The Hall–Kier alpha value is -2.98. The quantitative estimate of drug-likeness (QED) is 0.596. The average Bonchev–Trinajstić information content (AvgIpc) is 2.72. The smallest absolute Gasteiger partial charge is 0.437 e. The van der Waals surface area contributed by atoms with Crippen molar-refractivity contribution in [3.8, 4) is 11.5 Å². The molecular formula is C20H18ClF3N2O5. The largest absolute Gasteiger partial charge is 0.493 e. The van der Waals surface area contributed by atoms with Gasteiger partial charge in [0.05, 0.1) is 20.3 Å². The number of hydrogen-bond donors (Lipinski definition) is 3. The summed E-state index contributed by atoms with van der Waals surface area (Å²) in [5.41, 5.74) is -3.85. The van der Waals surface area contributed by atoms with Gasteiger partial charge in [-0.05, 0) is 42.0 Å². The summed E-state index contributed by atoms with van der Waals surface area (Å²) in [6.45, 7) is 0. The van der Waals surface area contributed by atoms with Crippen LogP contribution in [0.5, 0.6) is 11.5 Å². The van der Waals surface area contributed by atoms with Gasteiger partial charge in [0.25, 0.3) is 0 Å². The lowest BCUT2D eigenvalue weighted by atomic mass is 9.77. The van der Waals surface area contributed by atoms with Crippen molar-refractivity contribution in [2.75, 3.05) is 14.2 Å². The number of Topliss-reactive ketones (excluding diaryl/α,β-unsaturated/α-hetero) is 1. The van der Waals surface area contributed by atoms with Crippen LogP contribution in [0.4, 0.5) is 18.0 Å². The normalized spacial score (nSPS) is 23.5. The highest BCUT2D eigenvalue weighted by atomic mass is 35.5. The molecule has 0 radical (unpaired) electrons. The van der Waals surface area contributed by atoms with Gasteiger partial charge in [0, 0.05) is 10.6 Å². The van der Waals surface area contributed by atoms with Gasteiger partial charge in [0.1, 0.15) is 5.92 Å². The van der Waals surface area contributed by atoms with Gasteiger partial charge in [-0.2, -0.15) is 13.2 Å². The van der Waals surface area contributed by atoms with Crippen LogP contribution in [0.2, 0.25) is 5.02 Å². The van der Waals surface area contributed by atoms with Gasteiger partial charge in [-0.15, -0.1) is 0 Å². The fourth-order valence-corrected chi connectivity index (χ4v) is 3.58. The Morgan fingerprint density at radius 1 is 1.10 bits per heavy atom. The monoisotopic (exact) mass is 458 g/mol. The number of alkyl halides is 3. The number of urea groups is 1. The highest BCUT2D eigenvalue weighted by molar-refractivity contribution is 6.30. The molecule has 7 nitrogen and oxygen atoms in total. The Morgan fingerprint density at radius 2 is 1.71 bits per heavy atom. The van der Waals surface area contributed by atoms with E-state index in [2.05, 4.69) is 5.32 Å². The van der Waals surface area contributed by atoms with Crippen LogP contribution in [-0.4, -0.2) is 43.0 Å². The van der Waals surface area contributed by atoms with Gasteiger partial charge < -0.3 is 25.2 Å². The summed E-state index contributed by atoms with van der Waals surface area (Å²) in [4.78, 5) is 25.3. The third kappa shape index (κ3) is 4.13. The van der Waals surface area contributed by atoms with E-state index in [1.165, 1.54) is 62.0 Å². The van der Waals surface area contributed by atoms with Gasteiger partial charge >= 0.3 is 12.2 Å². The molecule has 2 amide bonds. The SMILES string of the molecule is COc1ccc([C@@H]2NC(=O)N[C@@](O)(C(F)(F)F)[C@H]2C(=O)c2ccc(Cl)cc2)cc1OC. The first-order valence-corrected chi connectivity index (χ1v) is 9.29. The summed E-state index contributed by atoms with van der Waals surface area (Å²) in [5, 5.41) is 14.6. The number of ketones is 1. The molecular weight excluding hydrogens is 441 g/mol. The second kappa shape index (κ2) is 8.27. The maximum Gasteiger partial charge on any atom is 0.437 e. The van der Waals surface area contributed by atoms with Crippen molar-refractivity contribution in [3.05, 3.63) is 58.6 Å². The number of benzene rings is 2. The van der Waals surface area contributed by atoms with Crippen molar-refractivity contribution < 1.29 is 37.3 Å². The van der Waals surface area contributed by atoms with Crippen LogP contribution in [-0.2, 0) is 0 Å².